The number of hydrogen-bond acceptors (Lipinski definition) is 2. The molecule has 0 aliphatic rings. The molecule has 1 atom stereocenters. The van der Waals surface area contributed by atoms with Crippen molar-refractivity contribution in [2.75, 3.05) is 0 Å². The zero-order valence-corrected chi connectivity index (χ0v) is 11.3. The average molecular weight is 266 g/mol. The Labute approximate surface area is 118 Å². The highest BCUT2D eigenvalue weighted by Crippen LogP contribution is 2.14. The number of carbonyl (C=O) groups excluding carboxylic acids is 2. The Balaban J connectivity index is 1.93. The van der Waals surface area contributed by atoms with Gasteiger partial charge in [-0.1, -0.05) is 60.7 Å². The second-order valence-corrected chi connectivity index (χ2v) is 4.64. The highest BCUT2D eigenvalue weighted by Gasteiger charge is 2.19. The first-order valence-corrected chi connectivity index (χ1v) is 6.54. The first-order valence-electron chi connectivity index (χ1n) is 6.54. The maximum absolute atomic E-state index is 12.0. The summed E-state index contributed by atoms with van der Waals surface area (Å²) in [6.07, 6.45) is 0.161. The van der Waals surface area contributed by atoms with Gasteiger partial charge in [0, 0.05) is 0 Å². The number of amides is 2. The van der Waals surface area contributed by atoms with Crippen molar-refractivity contribution >= 4 is 11.8 Å². The number of imide groups is 1. The fourth-order valence-corrected chi connectivity index (χ4v) is 1.91. The minimum Gasteiger partial charge on any atom is -0.272 e. The van der Waals surface area contributed by atoms with Crippen LogP contribution in [0.15, 0.2) is 60.7 Å². The number of benzene rings is 2. The molecule has 2 aromatic rings. The molecule has 0 saturated heterocycles. The lowest BCUT2D eigenvalue weighted by atomic mass is 10.0. The molecule has 0 heterocycles. The maximum Gasteiger partial charge on any atom is 0.256 e. The first-order chi connectivity index (χ1) is 9.66. The van der Waals surface area contributed by atoms with Gasteiger partial charge in [0.15, 0.2) is 0 Å². The van der Waals surface area contributed by atoms with Crippen LogP contribution in [0.2, 0.25) is 0 Å². The quantitative estimate of drug-likeness (QED) is 0.854. The molecule has 2 rings (SSSR count). The molecule has 20 heavy (non-hydrogen) atoms. The van der Waals surface area contributed by atoms with E-state index in [0.717, 1.165) is 11.1 Å². The van der Waals surface area contributed by atoms with Crippen LogP contribution in [0.25, 0.3) is 0 Å². The van der Waals surface area contributed by atoms with Crippen LogP contribution in [-0.4, -0.2) is 11.8 Å². The third-order valence-electron chi connectivity index (χ3n) is 3.10. The van der Waals surface area contributed by atoms with E-state index in [1.54, 1.807) is 6.92 Å². The zero-order valence-electron chi connectivity index (χ0n) is 11.3. The normalized spacial score (nSPS) is 11.7. The van der Waals surface area contributed by atoms with Crippen molar-refractivity contribution in [3.8, 4) is 0 Å². The van der Waals surface area contributed by atoms with Gasteiger partial charge >= 0.3 is 0 Å². The Morgan fingerprint density at radius 2 is 1.50 bits per heavy atom. The smallest absolute Gasteiger partial charge is 0.256 e. The lowest BCUT2D eigenvalue weighted by molar-refractivity contribution is -0.131. The molecule has 1 radical (unpaired) electrons. The molecule has 3 nitrogen and oxygen atoms in total. The summed E-state index contributed by atoms with van der Waals surface area (Å²) in [6.45, 7) is 1.76. The van der Waals surface area contributed by atoms with Gasteiger partial charge in [-0.15, -0.1) is 0 Å². The highest BCUT2D eigenvalue weighted by molar-refractivity contribution is 5.98. The summed E-state index contributed by atoms with van der Waals surface area (Å²) in [7, 11) is 0. The molecule has 0 saturated carbocycles. The Morgan fingerprint density at radius 3 is 2.10 bits per heavy atom. The van der Waals surface area contributed by atoms with Crippen LogP contribution in [0.4, 0.5) is 0 Å². The Hall–Kier alpha value is -2.42. The summed E-state index contributed by atoms with van der Waals surface area (Å²) >= 11 is 0. The number of nitrogens with zero attached hydrogens (tertiary/aromatic N) is 1. The number of carbonyl (C=O) groups is 2. The van der Waals surface area contributed by atoms with Crippen molar-refractivity contribution in [1.82, 2.24) is 5.32 Å². The van der Waals surface area contributed by atoms with E-state index in [1.807, 2.05) is 60.7 Å². The van der Waals surface area contributed by atoms with E-state index in [4.69, 9.17) is 0 Å². The average Bonchev–Trinajstić information content (AvgIpc) is 2.48. The van der Waals surface area contributed by atoms with Crippen molar-refractivity contribution in [2.45, 2.75) is 19.3 Å². The van der Waals surface area contributed by atoms with Crippen LogP contribution in [-0.2, 0) is 16.0 Å². The molecule has 0 aliphatic heterocycles. The summed E-state index contributed by atoms with van der Waals surface area (Å²) in [5.74, 6) is -1.18. The Morgan fingerprint density at radius 1 is 0.950 bits per heavy atom. The standard InChI is InChI=1S/C17H16NO2/c1-13(15-10-6-3-7-11-15)17(20)18-16(19)12-14-8-4-2-5-9-14/h2-11,13H,12H2,1H3. The highest BCUT2D eigenvalue weighted by atomic mass is 16.2. The van der Waals surface area contributed by atoms with E-state index in [2.05, 4.69) is 5.32 Å². The Kier molecular flexibility index (Phi) is 4.66. The molecule has 0 spiro atoms. The maximum atomic E-state index is 12.0. The second-order valence-electron chi connectivity index (χ2n) is 4.64. The lowest BCUT2D eigenvalue weighted by Gasteiger charge is -2.09. The van der Waals surface area contributed by atoms with Gasteiger partial charge < -0.3 is 0 Å². The molecule has 2 amide bonds. The van der Waals surface area contributed by atoms with Crippen molar-refractivity contribution in [3.05, 3.63) is 71.8 Å². The largest absolute Gasteiger partial charge is 0.272 e. The van der Waals surface area contributed by atoms with E-state index in [0.29, 0.717) is 0 Å². The fourth-order valence-electron chi connectivity index (χ4n) is 1.91. The minimum atomic E-state index is -0.399. The topological polar surface area (TPSA) is 48.2 Å². The molecular weight excluding hydrogens is 250 g/mol. The number of hydrogen-bond donors (Lipinski definition) is 0. The minimum absolute atomic E-state index is 0.161. The summed E-state index contributed by atoms with van der Waals surface area (Å²) in [6, 6.07) is 18.6. The molecular formula is C17H16NO2. The van der Waals surface area contributed by atoms with Gasteiger partial charge in [-0.05, 0) is 18.1 Å². The van der Waals surface area contributed by atoms with Crippen molar-refractivity contribution < 1.29 is 9.59 Å². The van der Waals surface area contributed by atoms with Gasteiger partial charge in [-0.3, -0.25) is 9.59 Å². The fraction of sp³-hybridized carbons (Fsp3) is 0.176. The van der Waals surface area contributed by atoms with Gasteiger partial charge in [0.25, 0.3) is 11.8 Å². The van der Waals surface area contributed by atoms with Crippen LogP contribution < -0.4 is 5.32 Å². The molecule has 0 aromatic heterocycles. The second kappa shape index (κ2) is 6.66. The predicted molar refractivity (Wildman–Crippen MR) is 77.2 cm³/mol. The zero-order chi connectivity index (χ0) is 14.4. The van der Waals surface area contributed by atoms with E-state index in [-0.39, 0.29) is 6.42 Å². The van der Waals surface area contributed by atoms with Crippen LogP contribution in [0, 0.1) is 0 Å². The van der Waals surface area contributed by atoms with Crippen molar-refractivity contribution in [3.63, 3.8) is 0 Å². The Bertz CT molecular complexity index is 578. The summed E-state index contributed by atoms with van der Waals surface area (Å²) in [4.78, 5) is 23.7. The van der Waals surface area contributed by atoms with E-state index >= 15 is 0 Å². The molecule has 0 N–H and O–H groups in total. The third kappa shape index (κ3) is 3.79. The summed E-state index contributed by atoms with van der Waals surface area (Å²) in [5, 5.41) is 3.67. The van der Waals surface area contributed by atoms with Gasteiger partial charge in [0.2, 0.25) is 0 Å². The summed E-state index contributed by atoms with van der Waals surface area (Å²) in [5.41, 5.74) is 1.73. The summed E-state index contributed by atoms with van der Waals surface area (Å²) < 4.78 is 0. The molecule has 3 heteroatoms. The third-order valence-corrected chi connectivity index (χ3v) is 3.10. The van der Waals surface area contributed by atoms with Crippen LogP contribution in [0.5, 0.6) is 0 Å². The van der Waals surface area contributed by atoms with Crippen molar-refractivity contribution in [2.24, 2.45) is 0 Å². The van der Waals surface area contributed by atoms with Crippen molar-refractivity contribution in [1.29, 1.82) is 0 Å². The molecule has 1 unspecified atom stereocenters. The molecule has 0 fully saturated rings. The van der Waals surface area contributed by atoms with Crippen LogP contribution in [0.1, 0.15) is 24.0 Å². The van der Waals surface area contributed by atoms with E-state index < -0.39 is 17.7 Å². The SMILES string of the molecule is CC(C(=O)[N]C(=O)Cc1ccccc1)c1ccccc1. The van der Waals surface area contributed by atoms with Crippen LogP contribution in [0.3, 0.4) is 0 Å². The van der Waals surface area contributed by atoms with E-state index in [1.165, 1.54) is 0 Å². The lowest BCUT2D eigenvalue weighted by Crippen LogP contribution is -2.28. The van der Waals surface area contributed by atoms with E-state index in [9.17, 15) is 9.59 Å². The monoisotopic (exact) mass is 266 g/mol. The van der Waals surface area contributed by atoms with Gasteiger partial charge in [-0.2, -0.15) is 5.32 Å². The van der Waals surface area contributed by atoms with Gasteiger partial charge in [0.1, 0.15) is 0 Å². The first kappa shape index (κ1) is 14.0. The van der Waals surface area contributed by atoms with Crippen LogP contribution >= 0.6 is 0 Å². The molecule has 0 bridgehead atoms. The number of rotatable bonds is 4. The molecule has 2 aromatic carbocycles. The van der Waals surface area contributed by atoms with Gasteiger partial charge in [-0.25, -0.2) is 0 Å². The van der Waals surface area contributed by atoms with Gasteiger partial charge in [0.05, 0.1) is 12.3 Å². The predicted octanol–water partition coefficient (Wildman–Crippen LogP) is 2.69. The molecule has 101 valence electrons. The molecule has 0 aliphatic carbocycles.